The van der Waals surface area contributed by atoms with E-state index < -0.39 is 0 Å². The zero-order valence-electron chi connectivity index (χ0n) is 8.71. The molecule has 4 aromatic rings. The number of rotatable bonds is 1. The zero-order valence-corrected chi connectivity index (χ0v) is 11.2. The molecule has 0 bridgehead atoms. The van der Waals surface area contributed by atoms with E-state index >= 15 is 0 Å². The lowest BCUT2D eigenvalue weighted by atomic mass is 10.3. The minimum atomic E-state index is 1.10. The molecule has 0 fully saturated rings. The molecule has 1 aromatic carbocycles. The van der Waals surface area contributed by atoms with E-state index in [9.17, 15) is 0 Å². The van der Waals surface area contributed by atoms with Gasteiger partial charge in [0.2, 0.25) is 0 Å². The summed E-state index contributed by atoms with van der Waals surface area (Å²) in [7, 11) is 0. The van der Waals surface area contributed by atoms with Gasteiger partial charge in [-0.2, -0.15) is 0 Å². The molecule has 82 valence electrons. The maximum absolute atomic E-state index is 4.69. The van der Waals surface area contributed by atoms with Crippen LogP contribution in [0.5, 0.6) is 0 Å². The van der Waals surface area contributed by atoms with Crippen LogP contribution in [0.15, 0.2) is 41.8 Å². The molecular weight excluding hydrogens is 266 g/mol. The maximum atomic E-state index is 4.69. The van der Waals surface area contributed by atoms with E-state index in [1.165, 1.54) is 19.0 Å². The third-order valence-electron chi connectivity index (χ3n) is 2.64. The second-order valence-electron chi connectivity index (χ2n) is 3.75. The molecule has 1 nitrogen and oxygen atoms in total. The van der Waals surface area contributed by atoms with Crippen LogP contribution in [0.4, 0.5) is 0 Å². The van der Waals surface area contributed by atoms with Gasteiger partial charge in [0.1, 0.15) is 5.01 Å². The molecule has 0 aliphatic carbocycles. The van der Waals surface area contributed by atoms with Gasteiger partial charge in [0.05, 0.1) is 15.1 Å². The molecule has 0 unspecified atom stereocenters. The van der Waals surface area contributed by atoms with E-state index in [2.05, 4.69) is 35.7 Å². The molecule has 3 aromatic heterocycles. The number of hydrogen-bond donors (Lipinski definition) is 0. The first-order valence-electron chi connectivity index (χ1n) is 5.23. The van der Waals surface area contributed by atoms with Crippen LogP contribution < -0.4 is 0 Å². The first-order chi connectivity index (χ1) is 8.40. The van der Waals surface area contributed by atoms with E-state index in [1.807, 2.05) is 17.4 Å². The Hall–Kier alpha value is -1.23. The van der Waals surface area contributed by atoms with Gasteiger partial charge in [-0.05, 0) is 29.6 Å². The van der Waals surface area contributed by atoms with Gasteiger partial charge in [0.25, 0.3) is 0 Å². The second kappa shape index (κ2) is 3.63. The van der Waals surface area contributed by atoms with Crippen molar-refractivity contribution in [1.29, 1.82) is 0 Å². The summed E-state index contributed by atoms with van der Waals surface area (Å²) >= 11 is 5.40. The number of fused-ring (bicyclic) bond motifs is 2. The lowest BCUT2D eigenvalue weighted by Crippen LogP contribution is -1.67. The van der Waals surface area contributed by atoms with Gasteiger partial charge in [0.15, 0.2) is 0 Å². The van der Waals surface area contributed by atoms with Crippen molar-refractivity contribution in [3.05, 3.63) is 41.8 Å². The van der Waals surface area contributed by atoms with Crippen LogP contribution in [-0.4, -0.2) is 4.98 Å². The predicted molar refractivity (Wildman–Crippen MR) is 78.3 cm³/mol. The quantitative estimate of drug-likeness (QED) is 0.462. The molecular formula is C13H7NS3. The molecule has 0 N–H and O–H groups in total. The first-order valence-corrected chi connectivity index (χ1v) is 7.74. The van der Waals surface area contributed by atoms with Gasteiger partial charge < -0.3 is 0 Å². The number of hydrogen-bond acceptors (Lipinski definition) is 4. The Bertz CT molecular complexity index is 745. The molecule has 3 heterocycles. The normalized spacial score (nSPS) is 11.5. The zero-order chi connectivity index (χ0) is 11.2. The molecule has 0 spiro atoms. The summed E-state index contributed by atoms with van der Waals surface area (Å²) in [5.41, 5.74) is 1.10. The molecule has 4 heteroatoms. The van der Waals surface area contributed by atoms with Gasteiger partial charge in [-0.25, -0.2) is 4.98 Å². The van der Waals surface area contributed by atoms with Crippen molar-refractivity contribution in [3.8, 4) is 9.88 Å². The summed E-state index contributed by atoms with van der Waals surface area (Å²) in [6, 6.07) is 12.7. The SMILES string of the molecule is c1ccc2sc(-c3cc4sccc4s3)nc2c1. The fourth-order valence-corrected chi connectivity index (χ4v) is 4.97. The number of benzene rings is 1. The van der Waals surface area contributed by atoms with Gasteiger partial charge in [-0.15, -0.1) is 34.0 Å². The number of thiophene rings is 2. The van der Waals surface area contributed by atoms with Crippen LogP contribution in [0.2, 0.25) is 0 Å². The van der Waals surface area contributed by atoms with Crippen molar-refractivity contribution >= 4 is 53.6 Å². The smallest absolute Gasteiger partial charge is 0.134 e. The van der Waals surface area contributed by atoms with Gasteiger partial charge in [-0.1, -0.05) is 12.1 Å². The summed E-state index contributed by atoms with van der Waals surface area (Å²) in [6.45, 7) is 0. The van der Waals surface area contributed by atoms with Crippen LogP contribution in [0.1, 0.15) is 0 Å². The average Bonchev–Trinajstić information content (AvgIpc) is 3.01. The maximum Gasteiger partial charge on any atom is 0.134 e. The third-order valence-corrected chi connectivity index (χ3v) is 5.94. The topological polar surface area (TPSA) is 12.9 Å². The Morgan fingerprint density at radius 2 is 1.82 bits per heavy atom. The summed E-state index contributed by atoms with van der Waals surface area (Å²) < 4.78 is 3.99. The summed E-state index contributed by atoms with van der Waals surface area (Å²) in [5.74, 6) is 0. The Morgan fingerprint density at radius 1 is 0.882 bits per heavy atom. The van der Waals surface area contributed by atoms with Crippen molar-refractivity contribution in [2.45, 2.75) is 0 Å². The average molecular weight is 273 g/mol. The largest absolute Gasteiger partial charge is 0.235 e. The minimum absolute atomic E-state index is 1.10. The number of aromatic nitrogens is 1. The van der Waals surface area contributed by atoms with Crippen molar-refractivity contribution in [2.75, 3.05) is 0 Å². The standard InChI is InChI=1S/C13H7NS3/c1-2-4-9-8(3-1)14-13(17-9)12-7-11-10(16-12)5-6-15-11/h1-7H. The fraction of sp³-hybridized carbons (Fsp3) is 0. The molecule has 0 atom stereocenters. The Labute approximate surface area is 110 Å². The first kappa shape index (κ1) is 9.76. The molecule has 0 aliphatic rings. The number of para-hydroxylation sites is 1. The van der Waals surface area contributed by atoms with Crippen LogP contribution >= 0.6 is 34.0 Å². The highest BCUT2D eigenvalue weighted by Crippen LogP contribution is 2.39. The second-order valence-corrected chi connectivity index (χ2v) is 6.81. The molecule has 0 saturated heterocycles. The summed E-state index contributed by atoms with van der Waals surface area (Å²) in [6.07, 6.45) is 0. The Balaban J connectivity index is 1.95. The van der Waals surface area contributed by atoms with Crippen LogP contribution in [0.3, 0.4) is 0 Å². The van der Waals surface area contributed by atoms with Crippen LogP contribution in [0.25, 0.3) is 29.5 Å². The van der Waals surface area contributed by atoms with Crippen molar-refractivity contribution in [1.82, 2.24) is 4.98 Å². The van der Waals surface area contributed by atoms with E-state index in [-0.39, 0.29) is 0 Å². The van der Waals surface area contributed by atoms with Gasteiger partial charge in [0, 0.05) is 9.40 Å². The van der Waals surface area contributed by atoms with Gasteiger partial charge >= 0.3 is 0 Å². The fourth-order valence-electron chi connectivity index (χ4n) is 1.85. The molecule has 0 aliphatic heterocycles. The summed E-state index contributed by atoms with van der Waals surface area (Å²) in [5, 5.41) is 3.28. The lowest BCUT2D eigenvalue weighted by molar-refractivity contribution is 1.50. The Morgan fingerprint density at radius 3 is 2.71 bits per heavy atom. The highest BCUT2D eigenvalue weighted by Gasteiger charge is 2.09. The molecule has 4 rings (SSSR count). The van der Waals surface area contributed by atoms with Crippen LogP contribution in [0, 0.1) is 0 Å². The van der Waals surface area contributed by atoms with Crippen molar-refractivity contribution in [3.63, 3.8) is 0 Å². The van der Waals surface area contributed by atoms with E-state index in [4.69, 9.17) is 4.98 Å². The highest BCUT2D eigenvalue weighted by atomic mass is 32.1. The molecule has 0 amide bonds. The number of thiazole rings is 1. The predicted octanol–water partition coefficient (Wildman–Crippen LogP) is 5.24. The van der Waals surface area contributed by atoms with Crippen molar-refractivity contribution in [2.24, 2.45) is 0 Å². The monoisotopic (exact) mass is 273 g/mol. The highest BCUT2D eigenvalue weighted by molar-refractivity contribution is 7.31. The van der Waals surface area contributed by atoms with E-state index in [0.29, 0.717) is 0 Å². The number of nitrogens with zero attached hydrogens (tertiary/aromatic N) is 1. The molecule has 0 radical (unpaired) electrons. The molecule has 17 heavy (non-hydrogen) atoms. The van der Waals surface area contributed by atoms with Gasteiger partial charge in [-0.3, -0.25) is 0 Å². The summed E-state index contributed by atoms with van der Waals surface area (Å²) in [4.78, 5) is 5.98. The minimum Gasteiger partial charge on any atom is -0.235 e. The lowest BCUT2D eigenvalue weighted by Gasteiger charge is -1.85. The van der Waals surface area contributed by atoms with E-state index in [1.54, 1.807) is 22.7 Å². The van der Waals surface area contributed by atoms with Crippen LogP contribution in [-0.2, 0) is 0 Å². The Kier molecular flexibility index (Phi) is 2.09. The molecule has 0 saturated carbocycles. The third kappa shape index (κ3) is 1.52. The van der Waals surface area contributed by atoms with E-state index in [0.717, 1.165) is 10.5 Å². The van der Waals surface area contributed by atoms with Crippen molar-refractivity contribution < 1.29 is 0 Å².